The number of benzene rings is 1. The number of rotatable bonds is 3. The summed E-state index contributed by atoms with van der Waals surface area (Å²) >= 11 is 0. The maximum Gasteiger partial charge on any atom is 0.358 e. The van der Waals surface area contributed by atoms with Gasteiger partial charge in [-0.25, -0.2) is 9.48 Å². The van der Waals surface area contributed by atoms with Crippen molar-refractivity contribution in [2.45, 2.75) is 26.1 Å². The molecule has 0 radical (unpaired) electrons. The van der Waals surface area contributed by atoms with Gasteiger partial charge in [0.15, 0.2) is 5.69 Å². The Morgan fingerprint density at radius 2 is 1.80 bits per heavy atom. The SMILES string of the molecule is COC(=O)c1cc(C(=O)N2CC(C)OC(C)C2)n(-c2ccccc2)n1. The van der Waals surface area contributed by atoms with Gasteiger partial charge in [-0.2, -0.15) is 5.10 Å². The summed E-state index contributed by atoms with van der Waals surface area (Å²) in [6.45, 7) is 4.86. The minimum atomic E-state index is -0.576. The average molecular weight is 343 g/mol. The number of carbonyl (C=O) groups is 2. The smallest absolute Gasteiger partial charge is 0.358 e. The molecule has 0 spiro atoms. The predicted molar refractivity (Wildman–Crippen MR) is 90.8 cm³/mol. The van der Waals surface area contributed by atoms with Crippen LogP contribution in [0.15, 0.2) is 36.4 Å². The Morgan fingerprint density at radius 1 is 1.16 bits per heavy atom. The van der Waals surface area contributed by atoms with E-state index in [2.05, 4.69) is 5.10 Å². The number of methoxy groups -OCH3 is 1. The molecule has 0 saturated carbocycles. The lowest BCUT2D eigenvalue weighted by atomic mass is 10.2. The van der Waals surface area contributed by atoms with E-state index in [1.54, 1.807) is 4.90 Å². The van der Waals surface area contributed by atoms with Crippen molar-refractivity contribution in [2.75, 3.05) is 20.2 Å². The van der Waals surface area contributed by atoms with Gasteiger partial charge in [-0.1, -0.05) is 18.2 Å². The second-order valence-electron chi connectivity index (χ2n) is 6.12. The van der Waals surface area contributed by atoms with Gasteiger partial charge in [-0.3, -0.25) is 4.79 Å². The molecular formula is C18H21N3O4. The number of nitrogens with zero attached hydrogens (tertiary/aromatic N) is 3. The van der Waals surface area contributed by atoms with Crippen LogP contribution < -0.4 is 0 Å². The zero-order valence-corrected chi connectivity index (χ0v) is 14.5. The van der Waals surface area contributed by atoms with Gasteiger partial charge in [0, 0.05) is 19.2 Å². The molecule has 1 amide bonds. The number of ether oxygens (including phenoxy) is 2. The second kappa shape index (κ2) is 7.06. The molecule has 2 heterocycles. The van der Waals surface area contributed by atoms with Crippen molar-refractivity contribution in [1.29, 1.82) is 0 Å². The molecule has 7 nitrogen and oxygen atoms in total. The zero-order valence-electron chi connectivity index (χ0n) is 14.5. The molecule has 2 aromatic rings. The molecule has 7 heteroatoms. The van der Waals surface area contributed by atoms with Crippen LogP contribution in [-0.2, 0) is 9.47 Å². The van der Waals surface area contributed by atoms with Gasteiger partial charge in [-0.05, 0) is 26.0 Å². The highest BCUT2D eigenvalue weighted by atomic mass is 16.5. The molecule has 132 valence electrons. The molecule has 2 unspecified atom stereocenters. The summed E-state index contributed by atoms with van der Waals surface area (Å²) in [5, 5.41) is 4.27. The third-order valence-electron chi connectivity index (χ3n) is 4.03. The first-order valence-electron chi connectivity index (χ1n) is 8.18. The molecule has 1 aliphatic rings. The van der Waals surface area contributed by atoms with E-state index in [9.17, 15) is 9.59 Å². The van der Waals surface area contributed by atoms with Crippen LogP contribution in [0.25, 0.3) is 5.69 Å². The van der Waals surface area contributed by atoms with Crippen molar-refractivity contribution in [3.05, 3.63) is 47.8 Å². The fourth-order valence-corrected chi connectivity index (χ4v) is 3.01. The molecule has 1 fully saturated rings. The molecule has 1 aliphatic heterocycles. The van der Waals surface area contributed by atoms with E-state index >= 15 is 0 Å². The van der Waals surface area contributed by atoms with E-state index in [0.717, 1.165) is 0 Å². The predicted octanol–water partition coefficient (Wildman–Crippen LogP) is 1.91. The summed E-state index contributed by atoms with van der Waals surface area (Å²) in [4.78, 5) is 26.7. The number of carbonyl (C=O) groups excluding carboxylic acids is 2. The Labute approximate surface area is 146 Å². The maximum atomic E-state index is 13.1. The summed E-state index contributed by atoms with van der Waals surface area (Å²) in [6, 6.07) is 10.7. The number of aromatic nitrogens is 2. The van der Waals surface area contributed by atoms with Crippen molar-refractivity contribution in [3.8, 4) is 5.69 Å². The van der Waals surface area contributed by atoms with Crippen LogP contribution in [0.3, 0.4) is 0 Å². The Hall–Kier alpha value is -2.67. The average Bonchev–Trinajstić information content (AvgIpc) is 3.05. The second-order valence-corrected chi connectivity index (χ2v) is 6.12. The number of morpholine rings is 1. The van der Waals surface area contributed by atoms with Gasteiger partial charge < -0.3 is 14.4 Å². The largest absolute Gasteiger partial charge is 0.464 e. The molecule has 1 aromatic carbocycles. The van der Waals surface area contributed by atoms with Crippen LogP contribution >= 0.6 is 0 Å². The summed E-state index contributed by atoms with van der Waals surface area (Å²) < 4.78 is 11.9. The molecule has 0 N–H and O–H groups in total. The van der Waals surface area contributed by atoms with Gasteiger partial charge in [0.1, 0.15) is 5.69 Å². The van der Waals surface area contributed by atoms with E-state index in [4.69, 9.17) is 9.47 Å². The quantitative estimate of drug-likeness (QED) is 0.796. The van der Waals surface area contributed by atoms with E-state index in [1.165, 1.54) is 17.9 Å². The van der Waals surface area contributed by atoms with Gasteiger partial charge in [0.05, 0.1) is 25.0 Å². The van der Waals surface area contributed by atoms with Crippen LogP contribution in [0.4, 0.5) is 0 Å². The van der Waals surface area contributed by atoms with Gasteiger partial charge in [0.2, 0.25) is 0 Å². The number of para-hydroxylation sites is 1. The number of esters is 1. The summed E-state index contributed by atoms with van der Waals surface area (Å²) in [5.74, 6) is -0.763. The molecule has 25 heavy (non-hydrogen) atoms. The maximum absolute atomic E-state index is 13.1. The monoisotopic (exact) mass is 343 g/mol. The van der Waals surface area contributed by atoms with Gasteiger partial charge >= 0.3 is 5.97 Å². The fraction of sp³-hybridized carbons (Fsp3) is 0.389. The van der Waals surface area contributed by atoms with Crippen LogP contribution in [0, 0.1) is 0 Å². The first-order valence-corrected chi connectivity index (χ1v) is 8.18. The molecule has 1 saturated heterocycles. The summed E-state index contributed by atoms with van der Waals surface area (Å²) in [5.41, 5.74) is 1.13. The van der Waals surface area contributed by atoms with Crippen molar-refractivity contribution in [3.63, 3.8) is 0 Å². The van der Waals surface area contributed by atoms with E-state index in [-0.39, 0.29) is 23.8 Å². The topological polar surface area (TPSA) is 73.7 Å². The van der Waals surface area contributed by atoms with E-state index in [1.807, 2.05) is 44.2 Å². The minimum absolute atomic E-state index is 0.0409. The first kappa shape index (κ1) is 17.2. The summed E-state index contributed by atoms with van der Waals surface area (Å²) in [6.07, 6.45) is -0.0817. The van der Waals surface area contributed by atoms with Crippen LogP contribution in [-0.4, -0.2) is 59.0 Å². The Balaban J connectivity index is 2.00. The molecule has 0 aliphatic carbocycles. The highest BCUT2D eigenvalue weighted by Crippen LogP contribution is 2.18. The molecule has 2 atom stereocenters. The highest BCUT2D eigenvalue weighted by Gasteiger charge is 2.30. The lowest BCUT2D eigenvalue weighted by Gasteiger charge is -2.35. The minimum Gasteiger partial charge on any atom is -0.464 e. The Bertz CT molecular complexity index is 762. The van der Waals surface area contributed by atoms with Crippen molar-refractivity contribution in [2.24, 2.45) is 0 Å². The normalized spacial score (nSPS) is 20.4. The van der Waals surface area contributed by atoms with Gasteiger partial charge in [-0.15, -0.1) is 0 Å². The highest BCUT2D eigenvalue weighted by molar-refractivity contribution is 5.96. The third-order valence-corrected chi connectivity index (χ3v) is 4.03. The lowest BCUT2D eigenvalue weighted by molar-refractivity contribution is -0.0588. The summed E-state index contributed by atoms with van der Waals surface area (Å²) in [7, 11) is 1.29. The van der Waals surface area contributed by atoms with E-state index < -0.39 is 5.97 Å². The zero-order chi connectivity index (χ0) is 18.0. The van der Waals surface area contributed by atoms with Crippen LogP contribution in [0.5, 0.6) is 0 Å². The van der Waals surface area contributed by atoms with E-state index in [0.29, 0.717) is 24.5 Å². The first-order chi connectivity index (χ1) is 12.0. The van der Waals surface area contributed by atoms with Crippen LogP contribution in [0.2, 0.25) is 0 Å². The number of amides is 1. The molecule has 3 rings (SSSR count). The van der Waals surface area contributed by atoms with Crippen LogP contribution in [0.1, 0.15) is 34.8 Å². The standard InChI is InChI=1S/C18H21N3O4/c1-12-10-20(11-13(2)25-12)17(22)16-9-15(18(23)24-3)19-21(16)14-7-5-4-6-8-14/h4-9,12-13H,10-11H2,1-3H3. The number of hydrogen-bond acceptors (Lipinski definition) is 5. The molecule has 0 bridgehead atoms. The lowest BCUT2D eigenvalue weighted by Crippen LogP contribution is -2.48. The molecular weight excluding hydrogens is 322 g/mol. The van der Waals surface area contributed by atoms with Crippen molar-refractivity contribution >= 4 is 11.9 Å². The van der Waals surface area contributed by atoms with Crippen molar-refractivity contribution in [1.82, 2.24) is 14.7 Å². The Kier molecular flexibility index (Phi) is 4.85. The fourth-order valence-electron chi connectivity index (χ4n) is 3.01. The van der Waals surface area contributed by atoms with Gasteiger partial charge in [0.25, 0.3) is 5.91 Å². The molecule has 1 aromatic heterocycles. The Morgan fingerprint density at radius 3 is 2.40 bits per heavy atom. The third kappa shape index (κ3) is 3.56. The van der Waals surface area contributed by atoms with Crippen molar-refractivity contribution < 1.29 is 19.1 Å². The number of hydrogen-bond donors (Lipinski definition) is 0.